The fourth-order valence-corrected chi connectivity index (χ4v) is 4.50. The van der Waals surface area contributed by atoms with Gasteiger partial charge in [0, 0.05) is 24.8 Å². The first-order chi connectivity index (χ1) is 15.5. The summed E-state index contributed by atoms with van der Waals surface area (Å²) in [6.45, 7) is 3.54. The topological polar surface area (TPSA) is 54.5 Å². The number of aromatic nitrogens is 1. The van der Waals surface area contributed by atoms with E-state index in [9.17, 15) is 9.18 Å². The second-order valence-corrected chi connectivity index (χ2v) is 8.16. The summed E-state index contributed by atoms with van der Waals surface area (Å²) in [5.41, 5.74) is 2.58. The first kappa shape index (κ1) is 22.0. The molecule has 0 unspecified atom stereocenters. The summed E-state index contributed by atoms with van der Waals surface area (Å²) in [6.07, 6.45) is 1.60. The smallest absolute Gasteiger partial charge is 0.246 e. The summed E-state index contributed by atoms with van der Waals surface area (Å²) in [4.78, 5) is 20.1. The third kappa shape index (κ3) is 4.36. The molecule has 0 saturated carbocycles. The van der Waals surface area contributed by atoms with E-state index in [4.69, 9.17) is 9.72 Å². The van der Waals surface area contributed by atoms with Crippen LogP contribution in [0.25, 0.3) is 0 Å². The van der Waals surface area contributed by atoms with Crippen LogP contribution in [0.2, 0.25) is 0 Å². The Bertz CT molecular complexity index is 1100. The van der Waals surface area contributed by atoms with Crippen molar-refractivity contribution in [2.45, 2.75) is 38.5 Å². The first-order valence-electron chi connectivity index (χ1n) is 10.9. The Morgan fingerprint density at radius 3 is 2.75 bits per heavy atom. The van der Waals surface area contributed by atoms with Crippen molar-refractivity contribution in [3.8, 4) is 5.75 Å². The maximum atomic E-state index is 13.5. The zero-order valence-electron chi connectivity index (χ0n) is 18.5. The number of ether oxygens (including phenoxy) is 1. The Balaban J connectivity index is 1.62. The lowest BCUT2D eigenvalue weighted by Gasteiger charge is -2.36. The molecule has 1 aliphatic heterocycles. The monoisotopic (exact) mass is 433 g/mol. The predicted molar refractivity (Wildman–Crippen MR) is 122 cm³/mol. The highest BCUT2D eigenvalue weighted by Gasteiger charge is 2.49. The van der Waals surface area contributed by atoms with Crippen molar-refractivity contribution in [3.63, 3.8) is 0 Å². The molecule has 166 valence electrons. The van der Waals surface area contributed by atoms with Crippen LogP contribution in [0.15, 0.2) is 66.7 Å². The largest absolute Gasteiger partial charge is 0.489 e. The zero-order chi connectivity index (χ0) is 22.6. The number of nitrogens with zero attached hydrogens (tertiary/aromatic N) is 2. The normalized spacial score (nSPS) is 18.5. The molecule has 0 spiro atoms. The van der Waals surface area contributed by atoms with Gasteiger partial charge < -0.3 is 10.1 Å². The lowest BCUT2D eigenvalue weighted by molar-refractivity contribution is -0.132. The summed E-state index contributed by atoms with van der Waals surface area (Å²) >= 11 is 0. The quantitative estimate of drug-likeness (QED) is 0.602. The van der Waals surface area contributed by atoms with E-state index in [1.807, 2.05) is 55.5 Å². The fraction of sp³-hybridized carbons (Fsp3) is 0.308. The van der Waals surface area contributed by atoms with Crippen molar-refractivity contribution in [3.05, 3.63) is 95.1 Å². The van der Waals surface area contributed by atoms with Crippen LogP contribution in [0.5, 0.6) is 5.75 Å². The van der Waals surface area contributed by atoms with Gasteiger partial charge in [-0.05, 0) is 62.2 Å². The molecule has 0 aliphatic carbocycles. The van der Waals surface area contributed by atoms with E-state index in [-0.39, 0.29) is 18.3 Å². The molecule has 0 radical (unpaired) electrons. The number of aryl methyl sites for hydroxylation is 1. The minimum Gasteiger partial charge on any atom is -0.489 e. The Morgan fingerprint density at radius 1 is 1.16 bits per heavy atom. The van der Waals surface area contributed by atoms with E-state index >= 15 is 0 Å². The molecule has 3 aromatic rings. The van der Waals surface area contributed by atoms with E-state index in [2.05, 4.69) is 10.2 Å². The van der Waals surface area contributed by atoms with Crippen LogP contribution in [0.1, 0.15) is 35.4 Å². The van der Waals surface area contributed by atoms with Crippen molar-refractivity contribution in [2.24, 2.45) is 0 Å². The van der Waals surface area contributed by atoms with Crippen LogP contribution in [-0.4, -0.2) is 29.4 Å². The fourth-order valence-electron chi connectivity index (χ4n) is 4.50. The van der Waals surface area contributed by atoms with Gasteiger partial charge in [-0.15, -0.1) is 0 Å². The van der Waals surface area contributed by atoms with Crippen LogP contribution in [0.4, 0.5) is 4.39 Å². The van der Waals surface area contributed by atoms with Crippen molar-refractivity contribution < 1.29 is 13.9 Å². The van der Waals surface area contributed by atoms with E-state index < -0.39 is 5.54 Å². The molecule has 1 atom stereocenters. The minimum absolute atomic E-state index is 0.0498. The van der Waals surface area contributed by atoms with Crippen LogP contribution < -0.4 is 10.1 Å². The molecule has 1 N–H and O–H groups in total. The third-order valence-corrected chi connectivity index (χ3v) is 6.04. The average molecular weight is 434 g/mol. The summed E-state index contributed by atoms with van der Waals surface area (Å²) in [5, 5.41) is 2.86. The Labute approximate surface area is 188 Å². The Kier molecular flexibility index (Phi) is 6.51. The second-order valence-electron chi connectivity index (χ2n) is 8.16. The van der Waals surface area contributed by atoms with Gasteiger partial charge in [0.25, 0.3) is 0 Å². The van der Waals surface area contributed by atoms with Gasteiger partial charge in [-0.3, -0.25) is 14.7 Å². The van der Waals surface area contributed by atoms with Gasteiger partial charge in [0.05, 0.1) is 5.69 Å². The van der Waals surface area contributed by atoms with E-state index in [0.717, 1.165) is 41.2 Å². The lowest BCUT2D eigenvalue weighted by Crippen LogP contribution is -2.52. The summed E-state index contributed by atoms with van der Waals surface area (Å²) in [7, 11) is 1.67. The molecular weight excluding hydrogens is 405 g/mol. The van der Waals surface area contributed by atoms with Gasteiger partial charge in [0.1, 0.15) is 23.7 Å². The molecule has 2 aromatic carbocycles. The highest BCUT2D eigenvalue weighted by Crippen LogP contribution is 2.40. The first-order valence-corrected chi connectivity index (χ1v) is 10.9. The number of rotatable bonds is 7. The number of carbonyl (C=O) groups is 1. The standard InChI is InChI=1S/C26H28FN3O2/c1-19-8-5-13-24(29-19)26(25(31)28-2)14-7-15-30(26)17-21-10-3-4-12-23(21)32-18-20-9-6-11-22(27)16-20/h3-6,8-13,16H,7,14-15,17-18H2,1-2H3,(H,28,31)/t26-/m0/s1. The number of hydrogen-bond donors (Lipinski definition) is 1. The molecule has 1 saturated heterocycles. The van der Waals surface area contributed by atoms with Gasteiger partial charge in [0.2, 0.25) is 5.91 Å². The van der Waals surface area contributed by atoms with E-state index in [1.165, 1.54) is 12.1 Å². The van der Waals surface area contributed by atoms with Crippen LogP contribution >= 0.6 is 0 Å². The average Bonchev–Trinajstić information content (AvgIpc) is 3.22. The zero-order valence-corrected chi connectivity index (χ0v) is 18.5. The molecular formula is C26H28FN3O2. The molecule has 6 heteroatoms. The maximum absolute atomic E-state index is 13.5. The molecule has 1 aromatic heterocycles. The lowest BCUT2D eigenvalue weighted by atomic mass is 9.89. The number of para-hydroxylation sites is 1. The maximum Gasteiger partial charge on any atom is 0.246 e. The minimum atomic E-state index is -0.823. The predicted octanol–water partition coefficient (Wildman–Crippen LogP) is 4.35. The number of pyridine rings is 1. The van der Waals surface area contributed by atoms with Crippen LogP contribution in [0, 0.1) is 12.7 Å². The van der Waals surface area contributed by atoms with E-state index in [0.29, 0.717) is 13.0 Å². The van der Waals surface area contributed by atoms with Gasteiger partial charge in [-0.1, -0.05) is 36.4 Å². The summed E-state index contributed by atoms with van der Waals surface area (Å²) in [6, 6.07) is 20.1. The number of likely N-dealkylation sites (tertiary alicyclic amines) is 1. The third-order valence-electron chi connectivity index (χ3n) is 6.04. The molecule has 1 amide bonds. The Hall–Kier alpha value is -3.25. The molecule has 1 aliphatic rings. The highest BCUT2D eigenvalue weighted by atomic mass is 19.1. The van der Waals surface area contributed by atoms with Gasteiger partial charge >= 0.3 is 0 Å². The number of benzene rings is 2. The molecule has 1 fully saturated rings. The molecule has 0 bridgehead atoms. The highest BCUT2D eigenvalue weighted by molar-refractivity contribution is 5.87. The molecule has 2 heterocycles. The van der Waals surface area contributed by atoms with Crippen molar-refractivity contribution >= 4 is 5.91 Å². The van der Waals surface area contributed by atoms with Crippen molar-refractivity contribution in [1.29, 1.82) is 0 Å². The molecule has 32 heavy (non-hydrogen) atoms. The second kappa shape index (κ2) is 9.49. The number of nitrogens with one attached hydrogen (secondary N) is 1. The van der Waals surface area contributed by atoms with Gasteiger partial charge in [-0.25, -0.2) is 4.39 Å². The van der Waals surface area contributed by atoms with Crippen LogP contribution in [-0.2, 0) is 23.5 Å². The number of hydrogen-bond acceptors (Lipinski definition) is 4. The molecule has 4 rings (SSSR count). The number of likely N-dealkylation sites (N-methyl/N-ethyl adjacent to an activating group) is 1. The SMILES string of the molecule is CNC(=O)[C@@]1(c2cccc(C)n2)CCCN1Cc1ccccc1OCc1cccc(F)c1. The van der Waals surface area contributed by atoms with Crippen LogP contribution in [0.3, 0.4) is 0 Å². The number of halogens is 1. The van der Waals surface area contributed by atoms with E-state index in [1.54, 1.807) is 13.1 Å². The molecule has 5 nitrogen and oxygen atoms in total. The van der Waals surface area contributed by atoms with Crippen molar-refractivity contribution in [1.82, 2.24) is 15.2 Å². The van der Waals surface area contributed by atoms with Crippen molar-refractivity contribution in [2.75, 3.05) is 13.6 Å². The Morgan fingerprint density at radius 2 is 1.97 bits per heavy atom. The van der Waals surface area contributed by atoms with Gasteiger partial charge in [-0.2, -0.15) is 0 Å². The summed E-state index contributed by atoms with van der Waals surface area (Å²) in [5.74, 6) is 0.399. The van der Waals surface area contributed by atoms with Gasteiger partial charge in [0.15, 0.2) is 0 Å². The summed E-state index contributed by atoms with van der Waals surface area (Å²) < 4.78 is 19.6. The number of carbonyl (C=O) groups excluding carboxylic acids is 1. The number of amides is 1.